The van der Waals surface area contributed by atoms with Crippen molar-refractivity contribution in [1.82, 2.24) is 0 Å². The maximum atomic E-state index is 9.92. The molecule has 0 saturated carbocycles. The normalized spacial score (nSPS) is 8.41. The molecule has 22 heavy (non-hydrogen) atoms. The molecule has 0 heterocycles. The van der Waals surface area contributed by atoms with Crippen molar-refractivity contribution in [2.45, 2.75) is 18.3 Å². The molecule has 0 aliphatic heterocycles. The molecule has 0 amide bonds. The van der Waals surface area contributed by atoms with Gasteiger partial charge in [-0.2, -0.15) is 0 Å². The Morgan fingerprint density at radius 1 is 1.05 bits per heavy atom. The van der Waals surface area contributed by atoms with Crippen LogP contribution >= 0.6 is 68.2 Å². The van der Waals surface area contributed by atoms with Crippen LogP contribution in [-0.2, 0) is 0 Å². The summed E-state index contributed by atoms with van der Waals surface area (Å²) in [5.74, 6) is 0. The summed E-state index contributed by atoms with van der Waals surface area (Å²) in [6, 6.07) is 0. The number of aliphatic hydroxyl groups excluding tert-OH is 4. The van der Waals surface area contributed by atoms with E-state index in [1.807, 2.05) is 13.8 Å². The standard InChI is InChI=1S/C3H6BrNO4.C3H8NO4.C2H6.Br2.HI/c4-3(1-6,2-7)5(8)9;5-1-3(2-6)4(7)8;2*1-2;/h6-7H,1-2H2;5-8H,1-2H2;1-2H3;;1H/q;+1;;;. The topological polar surface area (TPSA) is 168 Å². The number of hydrogen-bond donors (Lipinski definition) is 6. The number of nitro groups is 1. The van der Waals surface area contributed by atoms with E-state index in [9.17, 15) is 10.1 Å². The third-order valence-electron chi connectivity index (χ3n) is 1.46. The largest absolute Gasteiger partial charge is 0.388 e. The number of aliphatic hydroxyl groups is 4. The highest BCUT2D eigenvalue weighted by molar-refractivity contribution is 14.0. The van der Waals surface area contributed by atoms with Crippen molar-refractivity contribution in [3.05, 3.63) is 10.1 Å². The van der Waals surface area contributed by atoms with Crippen LogP contribution in [0.15, 0.2) is 0 Å². The fourth-order valence-electron chi connectivity index (χ4n) is 0.342. The number of nitrogens with zero attached hydrogens (tertiary/aromatic N) is 2. The van der Waals surface area contributed by atoms with E-state index in [1.54, 1.807) is 0 Å². The maximum Gasteiger partial charge on any atom is 0.319 e. The first-order valence-corrected chi connectivity index (χ1v) is 9.73. The zero-order valence-corrected chi connectivity index (χ0v) is 18.9. The van der Waals surface area contributed by atoms with E-state index in [4.69, 9.17) is 30.8 Å². The van der Waals surface area contributed by atoms with Gasteiger partial charge in [-0.25, -0.2) is 10.4 Å². The zero-order valence-electron chi connectivity index (χ0n) is 11.8. The van der Waals surface area contributed by atoms with Gasteiger partial charge in [-0.3, -0.25) is 10.1 Å². The van der Waals surface area contributed by atoms with Crippen molar-refractivity contribution < 1.29 is 40.7 Å². The first-order valence-electron chi connectivity index (χ1n) is 5.22. The quantitative estimate of drug-likeness (QED) is 0.0490. The molecule has 0 aromatic carbocycles. The van der Waals surface area contributed by atoms with E-state index in [2.05, 4.69) is 44.2 Å². The molecule has 0 aliphatic rings. The Labute approximate surface area is 168 Å². The van der Waals surface area contributed by atoms with Gasteiger partial charge in [0.2, 0.25) is 0 Å². The van der Waals surface area contributed by atoms with Gasteiger partial charge in [0.1, 0.15) is 26.4 Å². The van der Waals surface area contributed by atoms with E-state index < -0.39 is 35.8 Å². The third-order valence-corrected chi connectivity index (χ3v) is 2.25. The second-order valence-corrected chi connectivity index (χ2v) is 4.14. The van der Waals surface area contributed by atoms with Crippen molar-refractivity contribution in [2.24, 2.45) is 0 Å². The van der Waals surface area contributed by atoms with Crippen LogP contribution in [0.1, 0.15) is 13.8 Å². The molecule has 0 aliphatic carbocycles. The second-order valence-electron chi connectivity index (χ2n) is 2.66. The van der Waals surface area contributed by atoms with Crippen LogP contribution in [0, 0.1) is 10.1 Å². The minimum Gasteiger partial charge on any atom is -0.388 e. The molecular formula is C8H21Br3IN2O8+. The van der Waals surface area contributed by atoms with Gasteiger partial charge >= 0.3 is 10.2 Å². The predicted octanol–water partition coefficient (Wildman–Crippen LogP) is 0.877. The number of halogens is 4. The molecular weight excluding hydrogens is 619 g/mol. The number of rotatable bonds is 5. The number of hydrogen-bond acceptors (Lipinski definition) is 8. The summed E-state index contributed by atoms with van der Waals surface area (Å²) in [6.07, 6.45) is 0. The molecule has 0 saturated heterocycles. The highest BCUT2D eigenvalue weighted by Gasteiger charge is 2.38. The van der Waals surface area contributed by atoms with Crippen LogP contribution in [0.3, 0.4) is 0 Å². The highest BCUT2D eigenvalue weighted by atomic mass is 127. The van der Waals surface area contributed by atoms with Crippen molar-refractivity contribution in [2.75, 3.05) is 26.4 Å². The van der Waals surface area contributed by atoms with E-state index >= 15 is 0 Å². The molecule has 0 aromatic heterocycles. The summed E-state index contributed by atoms with van der Waals surface area (Å²) in [5.41, 5.74) is -0.259. The lowest BCUT2D eigenvalue weighted by Crippen LogP contribution is -2.39. The third kappa shape index (κ3) is 18.7. The summed E-state index contributed by atoms with van der Waals surface area (Å²) < 4.78 is -1.77. The SMILES string of the molecule is BrBr.CC.I.O=[N+]([O-])C(Br)(CO)CO.OCC(CO)=[N+](O)O. The summed E-state index contributed by atoms with van der Waals surface area (Å²) in [4.78, 5) is 8.83. The minimum atomic E-state index is -1.77. The van der Waals surface area contributed by atoms with E-state index in [0.29, 0.717) is 0 Å². The summed E-state index contributed by atoms with van der Waals surface area (Å²) >= 11 is 8.05. The van der Waals surface area contributed by atoms with Crippen LogP contribution in [0.5, 0.6) is 0 Å². The molecule has 0 rings (SSSR count). The van der Waals surface area contributed by atoms with Gasteiger partial charge < -0.3 is 20.4 Å². The van der Waals surface area contributed by atoms with Crippen LogP contribution in [0.4, 0.5) is 0 Å². The Morgan fingerprint density at radius 2 is 1.32 bits per heavy atom. The fourth-order valence-corrected chi connectivity index (χ4v) is 0.342. The Balaban J connectivity index is -0.0000000689. The van der Waals surface area contributed by atoms with Crippen LogP contribution < -0.4 is 0 Å². The Hall–Kier alpha value is 0.680. The maximum absolute atomic E-state index is 9.92. The number of alkyl halides is 1. The molecule has 0 atom stereocenters. The van der Waals surface area contributed by atoms with Crippen molar-refractivity contribution in [1.29, 1.82) is 0 Å². The Morgan fingerprint density at radius 3 is 1.32 bits per heavy atom. The van der Waals surface area contributed by atoms with Crippen molar-refractivity contribution in [3.8, 4) is 0 Å². The van der Waals surface area contributed by atoms with Gasteiger partial charge in [-0.05, 0) is 0 Å². The molecule has 0 fully saturated rings. The van der Waals surface area contributed by atoms with Crippen LogP contribution in [-0.4, -0.2) is 77.3 Å². The molecule has 10 nitrogen and oxygen atoms in total. The zero-order chi connectivity index (χ0) is 18.1. The van der Waals surface area contributed by atoms with Gasteiger partial charge in [-0.1, -0.05) is 13.8 Å². The minimum absolute atomic E-state index is 0. The lowest BCUT2D eigenvalue weighted by molar-refractivity contribution is -0.956. The van der Waals surface area contributed by atoms with E-state index in [-0.39, 0.29) is 34.6 Å². The highest BCUT2D eigenvalue weighted by Crippen LogP contribution is 2.15. The molecule has 138 valence electrons. The lowest BCUT2D eigenvalue weighted by atomic mass is 10.4. The second kappa shape index (κ2) is 23.9. The Bertz CT molecular complexity index is 272. The van der Waals surface area contributed by atoms with E-state index in [0.717, 1.165) is 0 Å². The first-order chi connectivity index (χ1) is 9.78. The Kier molecular flexibility index (Phi) is 37.1. The van der Waals surface area contributed by atoms with Gasteiger partial charge in [-0.15, -0.1) is 24.0 Å². The summed E-state index contributed by atoms with van der Waals surface area (Å²) in [5, 5.41) is 58.9. The first kappa shape index (κ1) is 34.1. The molecule has 14 heteroatoms. The molecule has 0 bridgehead atoms. The van der Waals surface area contributed by atoms with Gasteiger partial charge in [0.05, 0.1) is 0 Å². The average molecular weight is 640 g/mol. The monoisotopic (exact) mass is 637 g/mol. The molecule has 0 unspecified atom stereocenters. The van der Waals surface area contributed by atoms with Crippen LogP contribution in [0.2, 0.25) is 0 Å². The van der Waals surface area contributed by atoms with Gasteiger partial charge in [0.15, 0.2) is 4.90 Å². The smallest absolute Gasteiger partial charge is 0.319 e. The molecule has 0 radical (unpaired) electrons. The lowest BCUT2D eigenvalue weighted by Gasteiger charge is -2.11. The fraction of sp³-hybridized carbons (Fsp3) is 0.875. The van der Waals surface area contributed by atoms with Crippen molar-refractivity contribution in [3.63, 3.8) is 0 Å². The molecule has 0 spiro atoms. The van der Waals surface area contributed by atoms with Crippen molar-refractivity contribution >= 4 is 73.9 Å². The van der Waals surface area contributed by atoms with Gasteiger partial charge in [0, 0.05) is 49.1 Å². The predicted molar refractivity (Wildman–Crippen MR) is 100 cm³/mol. The molecule has 0 aromatic rings. The van der Waals surface area contributed by atoms with E-state index in [1.165, 1.54) is 0 Å². The van der Waals surface area contributed by atoms with Gasteiger partial charge in [0.25, 0.3) is 0 Å². The summed E-state index contributed by atoms with van der Waals surface area (Å²) in [7, 11) is 0. The molecule has 6 N–H and O–H groups in total. The summed E-state index contributed by atoms with van der Waals surface area (Å²) in [6.45, 7) is 1.42. The van der Waals surface area contributed by atoms with Crippen LogP contribution in [0.25, 0.3) is 0 Å². The average Bonchev–Trinajstić information content (AvgIpc) is 2.51.